The second kappa shape index (κ2) is 8.00. The predicted molar refractivity (Wildman–Crippen MR) is 80.5 cm³/mol. The molecular weight excluding hydrogens is 267 g/mol. The Morgan fingerprint density at radius 3 is 2.61 bits per heavy atom. The van der Waals surface area contributed by atoms with Gasteiger partial charge in [0.2, 0.25) is 0 Å². The van der Waals surface area contributed by atoms with Gasteiger partial charge in [-0.2, -0.15) is 0 Å². The topological polar surface area (TPSA) is 15.3 Å². The Bertz CT molecular complexity index is 367. The minimum absolute atomic E-state index is 0.685. The Balaban J connectivity index is 2.33. The average Bonchev–Trinajstić information content (AvgIpc) is 2.28. The molecule has 0 atom stereocenters. The fourth-order valence-corrected chi connectivity index (χ4v) is 2.15. The molecule has 18 heavy (non-hydrogen) atoms. The van der Waals surface area contributed by atoms with Gasteiger partial charge in [0.25, 0.3) is 0 Å². The van der Waals surface area contributed by atoms with Crippen LogP contribution in [-0.2, 0) is 6.54 Å². The Labute approximate surface area is 120 Å². The molecule has 0 aliphatic heterocycles. The molecule has 0 unspecified atom stereocenters. The largest absolute Gasteiger partial charge is 0.315 e. The van der Waals surface area contributed by atoms with Crippen molar-refractivity contribution in [2.24, 2.45) is 5.92 Å². The lowest BCUT2D eigenvalue weighted by molar-refractivity contribution is 0.322. The Morgan fingerprint density at radius 1 is 1.28 bits per heavy atom. The maximum Gasteiger partial charge on any atom is 0.0465 e. The van der Waals surface area contributed by atoms with Crippen LogP contribution >= 0.6 is 23.2 Å². The van der Waals surface area contributed by atoms with Crippen LogP contribution < -0.4 is 5.32 Å². The quantitative estimate of drug-likeness (QED) is 0.770. The number of benzene rings is 1. The molecule has 102 valence electrons. The number of nitrogens with zero attached hydrogens (tertiary/aromatic N) is 1. The molecule has 0 aliphatic carbocycles. The van der Waals surface area contributed by atoms with Crippen LogP contribution in [0.3, 0.4) is 0 Å². The van der Waals surface area contributed by atoms with Crippen molar-refractivity contribution in [1.29, 1.82) is 0 Å². The fourth-order valence-electron chi connectivity index (χ4n) is 1.68. The van der Waals surface area contributed by atoms with Crippen molar-refractivity contribution < 1.29 is 0 Å². The summed E-state index contributed by atoms with van der Waals surface area (Å²) in [5.74, 6) is 0.695. The molecule has 0 bridgehead atoms. The highest BCUT2D eigenvalue weighted by Gasteiger charge is 2.05. The van der Waals surface area contributed by atoms with E-state index in [1.807, 2.05) is 12.1 Å². The number of hydrogen-bond donors (Lipinski definition) is 1. The van der Waals surface area contributed by atoms with Crippen molar-refractivity contribution in [2.45, 2.75) is 20.4 Å². The second-order valence-corrected chi connectivity index (χ2v) is 5.92. The number of halogens is 2. The summed E-state index contributed by atoms with van der Waals surface area (Å²) >= 11 is 12.0. The SMILES string of the molecule is CC(C)CNCCN(C)Cc1ccc(Cl)cc1Cl. The third-order valence-corrected chi connectivity index (χ3v) is 3.27. The summed E-state index contributed by atoms with van der Waals surface area (Å²) in [6.45, 7) is 8.34. The zero-order valence-electron chi connectivity index (χ0n) is 11.3. The van der Waals surface area contributed by atoms with Crippen LogP contribution in [0.2, 0.25) is 10.0 Å². The van der Waals surface area contributed by atoms with Gasteiger partial charge in [-0.3, -0.25) is 0 Å². The molecule has 0 spiro atoms. The van der Waals surface area contributed by atoms with Gasteiger partial charge in [-0.25, -0.2) is 0 Å². The minimum Gasteiger partial charge on any atom is -0.315 e. The normalized spacial score (nSPS) is 11.5. The minimum atomic E-state index is 0.685. The molecule has 0 amide bonds. The highest BCUT2D eigenvalue weighted by molar-refractivity contribution is 6.35. The molecule has 0 radical (unpaired) electrons. The van der Waals surface area contributed by atoms with Crippen LogP contribution in [0.5, 0.6) is 0 Å². The van der Waals surface area contributed by atoms with Gasteiger partial charge >= 0.3 is 0 Å². The van der Waals surface area contributed by atoms with Crippen molar-refractivity contribution in [2.75, 3.05) is 26.7 Å². The maximum absolute atomic E-state index is 6.15. The van der Waals surface area contributed by atoms with E-state index in [1.54, 1.807) is 6.07 Å². The van der Waals surface area contributed by atoms with E-state index in [9.17, 15) is 0 Å². The van der Waals surface area contributed by atoms with Crippen LogP contribution in [0.15, 0.2) is 18.2 Å². The molecule has 2 nitrogen and oxygen atoms in total. The molecule has 0 saturated heterocycles. The summed E-state index contributed by atoms with van der Waals surface area (Å²) in [7, 11) is 2.10. The van der Waals surface area contributed by atoms with E-state index in [1.165, 1.54) is 0 Å². The molecule has 0 aliphatic rings. The lowest BCUT2D eigenvalue weighted by atomic mass is 10.2. The molecule has 0 fully saturated rings. The van der Waals surface area contributed by atoms with Crippen LogP contribution in [0.4, 0.5) is 0 Å². The van der Waals surface area contributed by atoms with E-state index in [2.05, 4.69) is 31.1 Å². The zero-order valence-corrected chi connectivity index (χ0v) is 12.9. The first-order valence-electron chi connectivity index (χ1n) is 6.32. The summed E-state index contributed by atoms with van der Waals surface area (Å²) in [4.78, 5) is 2.25. The Morgan fingerprint density at radius 2 is 2.00 bits per heavy atom. The summed E-state index contributed by atoms with van der Waals surface area (Å²) in [5, 5.41) is 4.85. The maximum atomic E-state index is 6.15. The molecular formula is C14H22Cl2N2. The molecule has 0 saturated carbocycles. The molecule has 1 aromatic rings. The van der Waals surface area contributed by atoms with Crippen LogP contribution in [0, 0.1) is 5.92 Å². The van der Waals surface area contributed by atoms with E-state index < -0.39 is 0 Å². The summed E-state index contributed by atoms with van der Waals surface area (Å²) < 4.78 is 0. The Hall–Kier alpha value is -0.280. The molecule has 4 heteroatoms. The second-order valence-electron chi connectivity index (χ2n) is 5.07. The van der Waals surface area contributed by atoms with Gasteiger partial charge in [0, 0.05) is 29.7 Å². The highest BCUT2D eigenvalue weighted by Crippen LogP contribution is 2.21. The van der Waals surface area contributed by atoms with E-state index in [4.69, 9.17) is 23.2 Å². The summed E-state index contributed by atoms with van der Waals surface area (Å²) in [6, 6.07) is 5.67. The van der Waals surface area contributed by atoms with Crippen LogP contribution in [-0.4, -0.2) is 31.6 Å². The van der Waals surface area contributed by atoms with Crippen molar-refractivity contribution in [3.8, 4) is 0 Å². The molecule has 0 heterocycles. The molecule has 0 aromatic heterocycles. The first-order valence-corrected chi connectivity index (χ1v) is 7.08. The van der Waals surface area contributed by atoms with Gasteiger partial charge < -0.3 is 10.2 Å². The van der Waals surface area contributed by atoms with Crippen molar-refractivity contribution in [3.05, 3.63) is 33.8 Å². The number of hydrogen-bond acceptors (Lipinski definition) is 2. The lowest BCUT2D eigenvalue weighted by Crippen LogP contribution is -2.30. The Kier molecular flexibility index (Phi) is 7.02. The van der Waals surface area contributed by atoms with Crippen LogP contribution in [0.25, 0.3) is 0 Å². The van der Waals surface area contributed by atoms with Gasteiger partial charge in [-0.1, -0.05) is 43.1 Å². The highest BCUT2D eigenvalue weighted by atomic mass is 35.5. The van der Waals surface area contributed by atoms with Gasteiger partial charge in [0.05, 0.1) is 0 Å². The van der Waals surface area contributed by atoms with Gasteiger partial charge in [0.1, 0.15) is 0 Å². The molecule has 1 rings (SSSR count). The molecule has 1 N–H and O–H groups in total. The number of likely N-dealkylation sites (N-methyl/N-ethyl adjacent to an activating group) is 1. The third-order valence-electron chi connectivity index (χ3n) is 2.68. The zero-order chi connectivity index (χ0) is 13.5. The van der Waals surface area contributed by atoms with Crippen LogP contribution in [0.1, 0.15) is 19.4 Å². The first-order chi connectivity index (χ1) is 8.49. The van der Waals surface area contributed by atoms with E-state index in [0.717, 1.165) is 36.8 Å². The van der Waals surface area contributed by atoms with E-state index in [0.29, 0.717) is 10.9 Å². The first kappa shape index (κ1) is 15.8. The lowest BCUT2D eigenvalue weighted by Gasteiger charge is -2.18. The number of nitrogens with one attached hydrogen (secondary N) is 1. The monoisotopic (exact) mass is 288 g/mol. The van der Waals surface area contributed by atoms with E-state index >= 15 is 0 Å². The van der Waals surface area contributed by atoms with E-state index in [-0.39, 0.29) is 0 Å². The predicted octanol–water partition coefficient (Wildman–Crippen LogP) is 3.67. The van der Waals surface area contributed by atoms with Crippen molar-refractivity contribution in [1.82, 2.24) is 10.2 Å². The smallest absolute Gasteiger partial charge is 0.0465 e. The van der Waals surface area contributed by atoms with Gasteiger partial charge in [-0.05, 0) is 37.2 Å². The molecule has 1 aromatic carbocycles. The summed E-state index contributed by atoms with van der Waals surface area (Å²) in [6.07, 6.45) is 0. The third kappa shape index (κ3) is 6.05. The number of rotatable bonds is 7. The fraction of sp³-hybridized carbons (Fsp3) is 0.571. The standard InChI is InChI=1S/C14H22Cl2N2/c1-11(2)9-17-6-7-18(3)10-12-4-5-13(15)8-14(12)16/h4-5,8,11,17H,6-7,9-10H2,1-3H3. The van der Waals surface area contributed by atoms with Crippen molar-refractivity contribution >= 4 is 23.2 Å². The average molecular weight is 289 g/mol. The van der Waals surface area contributed by atoms with Gasteiger partial charge in [0.15, 0.2) is 0 Å². The van der Waals surface area contributed by atoms with Crippen molar-refractivity contribution in [3.63, 3.8) is 0 Å². The van der Waals surface area contributed by atoms with Gasteiger partial charge in [-0.15, -0.1) is 0 Å². The summed E-state index contributed by atoms with van der Waals surface area (Å²) in [5.41, 5.74) is 1.12.